The number of amides is 2. The van der Waals surface area contributed by atoms with Crippen molar-refractivity contribution in [3.8, 4) is 10.6 Å². The Morgan fingerprint density at radius 3 is 2.50 bits per heavy atom. The molecule has 22 heavy (non-hydrogen) atoms. The van der Waals surface area contributed by atoms with Gasteiger partial charge in [-0.2, -0.15) is 0 Å². The second kappa shape index (κ2) is 7.70. The fraction of sp³-hybridized carbons (Fsp3) is 0.312. The van der Waals surface area contributed by atoms with Crippen molar-refractivity contribution in [2.24, 2.45) is 0 Å². The summed E-state index contributed by atoms with van der Waals surface area (Å²) in [5.41, 5.74) is 2.59. The number of nitrogens with zero attached hydrogens (tertiary/aromatic N) is 1. The average molecular weight is 317 g/mol. The molecule has 0 atom stereocenters. The third kappa shape index (κ3) is 4.14. The first-order valence-electron chi connectivity index (χ1n) is 7.23. The van der Waals surface area contributed by atoms with Crippen LogP contribution in [0.5, 0.6) is 0 Å². The highest BCUT2D eigenvalue weighted by Crippen LogP contribution is 2.24. The number of benzene rings is 1. The van der Waals surface area contributed by atoms with Crippen LogP contribution >= 0.6 is 11.3 Å². The summed E-state index contributed by atoms with van der Waals surface area (Å²) in [7, 11) is 0. The molecule has 1 aromatic carbocycles. The Morgan fingerprint density at radius 1 is 1.14 bits per heavy atom. The van der Waals surface area contributed by atoms with Crippen molar-refractivity contribution in [3.63, 3.8) is 0 Å². The van der Waals surface area contributed by atoms with Gasteiger partial charge in [0.1, 0.15) is 10.7 Å². The third-order valence-corrected chi connectivity index (χ3v) is 4.02. The molecule has 6 heteroatoms. The van der Waals surface area contributed by atoms with E-state index in [1.165, 1.54) is 16.9 Å². The Labute approximate surface area is 133 Å². The lowest BCUT2D eigenvalue weighted by molar-refractivity contribution is -0.120. The minimum Gasteiger partial charge on any atom is -0.355 e. The van der Waals surface area contributed by atoms with Gasteiger partial charge in [-0.25, -0.2) is 4.98 Å². The summed E-state index contributed by atoms with van der Waals surface area (Å²) in [5, 5.41) is 7.68. The zero-order chi connectivity index (χ0) is 15.9. The standard InChI is InChI=1S/C16H19N3O2S/c1-3-11-5-7-12(8-6-11)16-19-13(10-22-16)15(21)18-9-14(20)17-4-2/h5-8,10H,3-4,9H2,1-2H3,(H,17,20)(H,18,21). The van der Waals surface area contributed by atoms with Crippen molar-refractivity contribution in [2.45, 2.75) is 20.3 Å². The summed E-state index contributed by atoms with van der Waals surface area (Å²) in [6.07, 6.45) is 0.992. The molecule has 2 aromatic rings. The highest BCUT2D eigenvalue weighted by Gasteiger charge is 2.12. The van der Waals surface area contributed by atoms with Gasteiger partial charge in [0.05, 0.1) is 6.54 Å². The quantitative estimate of drug-likeness (QED) is 0.858. The van der Waals surface area contributed by atoms with E-state index in [1.54, 1.807) is 5.38 Å². The van der Waals surface area contributed by atoms with Crippen molar-refractivity contribution in [1.29, 1.82) is 0 Å². The average Bonchev–Trinajstić information content (AvgIpc) is 3.03. The number of nitrogens with one attached hydrogen (secondary N) is 2. The van der Waals surface area contributed by atoms with E-state index in [9.17, 15) is 9.59 Å². The molecule has 0 fully saturated rings. The molecule has 2 N–H and O–H groups in total. The number of carbonyl (C=O) groups excluding carboxylic acids is 2. The first kappa shape index (κ1) is 16.2. The van der Waals surface area contributed by atoms with Gasteiger partial charge in [0, 0.05) is 17.5 Å². The Morgan fingerprint density at radius 2 is 1.86 bits per heavy atom. The number of hydrogen-bond donors (Lipinski definition) is 2. The lowest BCUT2D eigenvalue weighted by atomic mass is 10.1. The maximum atomic E-state index is 12.0. The van der Waals surface area contributed by atoms with Gasteiger partial charge in [-0.1, -0.05) is 31.2 Å². The van der Waals surface area contributed by atoms with E-state index in [-0.39, 0.29) is 18.4 Å². The zero-order valence-corrected chi connectivity index (χ0v) is 13.5. The molecule has 1 aromatic heterocycles. The number of rotatable bonds is 6. The first-order chi connectivity index (χ1) is 10.6. The van der Waals surface area contributed by atoms with Gasteiger partial charge in [0.15, 0.2) is 0 Å². The van der Waals surface area contributed by atoms with E-state index in [1.807, 2.05) is 19.1 Å². The zero-order valence-electron chi connectivity index (χ0n) is 12.7. The number of carbonyl (C=O) groups is 2. The van der Waals surface area contributed by atoms with E-state index < -0.39 is 0 Å². The van der Waals surface area contributed by atoms with Crippen molar-refractivity contribution in [1.82, 2.24) is 15.6 Å². The summed E-state index contributed by atoms with van der Waals surface area (Å²) in [4.78, 5) is 27.6. The molecular weight excluding hydrogens is 298 g/mol. The van der Waals surface area contributed by atoms with Gasteiger partial charge in [0.25, 0.3) is 5.91 Å². The van der Waals surface area contributed by atoms with Crippen LogP contribution < -0.4 is 10.6 Å². The number of aryl methyl sites for hydroxylation is 1. The third-order valence-electron chi connectivity index (χ3n) is 3.13. The van der Waals surface area contributed by atoms with Crippen LogP contribution in [0, 0.1) is 0 Å². The molecule has 0 aliphatic carbocycles. The smallest absolute Gasteiger partial charge is 0.271 e. The molecular formula is C16H19N3O2S. The Kier molecular flexibility index (Phi) is 5.66. The van der Waals surface area contributed by atoms with E-state index in [0.29, 0.717) is 12.2 Å². The number of hydrogen-bond acceptors (Lipinski definition) is 4. The Hall–Kier alpha value is -2.21. The highest BCUT2D eigenvalue weighted by atomic mass is 32.1. The van der Waals surface area contributed by atoms with Crippen LogP contribution in [0.3, 0.4) is 0 Å². The molecule has 1 heterocycles. The summed E-state index contributed by atoms with van der Waals surface area (Å²) in [6, 6.07) is 8.14. The molecule has 0 spiro atoms. The summed E-state index contributed by atoms with van der Waals surface area (Å²) in [6.45, 7) is 4.44. The number of likely N-dealkylation sites (N-methyl/N-ethyl adjacent to an activating group) is 1. The number of aromatic nitrogens is 1. The minimum atomic E-state index is -0.334. The largest absolute Gasteiger partial charge is 0.355 e. The fourth-order valence-corrected chi connectivity index (χ4v) is 2.71. The maximum absolute atomic E-state index is 12.0. The molecule has 0 saturated heterocycles. The van der Waals surface area contributed by atoms with Gasteiger partial charge >= 0.3 is 0 Å². The van der Waals surface area contributed by atoms with Gasteiger partial charge in [-0.3, -0.25) is 9.59 Å². The summed E-state index contributed by atoms with van der Waals surface area (Å²) in [5.74, 6) is -0.541. The monoisotopic (exact) mass is 317 g/mol. The van der Waals surface area contributed by atoms with E-state index in [2.05, 4.69) is 34.7 Å². The van der Waals surface area contributed by atoms with E-state index in [0.717, 1.165) is 17.0 Å². The van der Waals surface area contributed by atoms with Crippen LogP contribution in [0.25, 0.3) is 10.6 Å². The van der Waals surface area contributed by atoms with Crippen LogP contribution in [0.4, 0.5) is 0 Å². The molecule has 0 aliphatic rings. The fourth-order valence-electron chi connectivity index (χ4n) is 1.90. The van der Waals surface area contributed by atoms with Gasteiger partial charge in [-0.05, 0) is 18.9 Å². The van der Waals surface area contributed by atoms with Gasteiger partial charge in [0.2, 0.25) is 5.91 Å². The van der Waals surface area contributed by atoms with E-state index >= 15 is 0 Å². The van der Waals surface area contributed by atoms with Crippen LogP contribution in [0.2, 0.25) is 0 Å². The molecule has 116 valence electrons. The molecule has 5 nitrogen and oxygen atoms in total. The van der Waals surface area contributed by atoms with Gasteiger partial charge < -0.3 is 10.6 Å². The first-order valence-corrected chi connectivity index (χ1v) is 8.11. The molecule has 2 amide bonds. The molecule has 2 rings (SSSR count). The van der Waals surface area contributed by atoms with Gasteiger partial charge in [-0.15, -0.1) is 11.3 Å². The molecule has 0 aliphatic heterocycles. The lowest BCUT2D eigenvalue weighted by Crippen LogP contribution is -2.36. The Bertz CT molecular complexity index is 650. The van der Waals surface area contributed by atoms with Crippen LogP contribution in [-0.2, 0) is 11.2 Å². The minimum absolute atomic E-state index is 0.0370. The van der Waals surface area contributed by atoms with Crippen molar-refractivity contribution >= 4 is 23.2 Å². The van der Waals surface area contributed by atoms with Crippen molar-refractivity contribution in [3.05, 3.63) is 40.9 Å². The number of thiazole rings is 1. The second-order valence-corrected chi connectivity index (χ2v) is 5.58. The lowest BCUT2D eigenvalue weighted by Gasteiger charge is -2.03. The molecule has 0 saturated carbocycles. The Balaban J connectivity index is 2.00. The topological polar surface area (TPSA) is 71.1 Å². The van der Waals surface area contributed by atoms with Crippen molar-refractivity contribution in [2.75, 3.05) is 13.1 Å². The predicted molar refractivity (Wildman–Crippen MR) is 87.9 cm³/mol. The highest BCUT2D eigenvalue weighted by molar-refractivity contribution is 7.13. The molecule has 0 unspecified atom stereocenters. The predicted octanol–water partition coefficient (Wildman–Crippen LogP) is 2.24. The van der Waals surface area contributed by atoms with E-state index in [4.69, 9.17) is 0 Å². The molecule has 0 radical (unpaired) electrons. The normalized spacial score (nSPS) is 10.3. The van der Waals surface area contributed by atoms with Crippen molar-refractivity contribution < 1.29 is 9.59 Å². The summed E-state index contributed by atoms with van der Waals surface area (Å²) >= 11 is 1.42. The molecule has 0 bridgehead atoms. The summed E-state index contributed by atoms with van der Waals surface area (Å²) < 4.78 is 0. The van der Waals surface area contributed by atoms with Crippen LogP contribution in [-0.4, -0.2) is 29.9 Å². The second-order valence-electron chi connectivity index (χ2n) is 4.72. The van der Waals surface area contributed by atoms with Crippen LogP contribution in [0.1, 0.15) is 29.9 Å². The SMILES string of the molecule is CCNC(=O)CNC(=O)c1csc(-c2ccc(CC)cc2)n1. The maximum Gasteiger partial charge on any atom is 0.271 e. The van der Waals surface area contributed by atoms with Crippen LogP contribution in [0.15, 0.2) is 29.6 Å².